The minimum atomic E-state index is -5.06. The number of benzene rings is 1. The Balaban J connectivity index is 2.01. The summed E-state index contributed by atoms with van der Waals surface area (Å²) in [6, 6.07) is 4.81. The lowest BCUT2D eigenvalue weighted by Crippen LogP contribution is -2.62. The van der Waals surface area contributed by atoms with Crippen molar-refractivity contribution in [1.29, 1.82) is 0 Å². The van der Waals surface area contributed by atoms with Gasteiger partial charge in [-0.1, -0.05) is 20.8 Å². The molecule has 0 aromatic heterocycles. The lowest BCUT2D eigenvalue weighted by molar-refractivity contribution is -0.314. The molecule has 3 rings (SSSR count). The molecule has 1 aromatic rings. The van der Waals surface area contributed by atoms with Gasteiger partial charge in [0, 0.05) is 11.3 Å². The minimum absolute atomic E-state index is 0.0287. The number of phenolic OH excluding ortho intramolecular Hbond substituents is 1. The predicted octanol–water partition coefficient (Wildman–Crippen LogP) is 3.92. The highest BCUT2D eigenvalue weighted by atomic mass is 19.4. The summed E-state index contributed by atoms with van der Waals surface area (Å²) in [6.07, 6.45) is -3.98. The number of halogens is 3. The predicted molar refractivity (Wildman–Crippen MR) is 93.0 cm³/mol. The molecule has 0 spiro atoms. The van der Waals surface area contributed by atoms with Crippen LogP contribution in [-0.4, -0.2) is 38.7 Å². The molecule has 2 N–H and O–H groups in total. The van der Waals surface area contributed by atoms with Crippen molar-refractivity contribution in [3.63, 3.8) is 0 Å². The minimum Gasteiger partial charge on any atom is -0.508 e. The lowest BCUT2D eigenvalue weighted by atomic mass is 9.66. The second-order valence-electron chi connectivity index (χ2n) is 8.37. The summed E-state index contributed by atoms with van der Waals surface area (Å²) >= 11 is 0. The van der Waals surface area contributed by atoms with Crippen molar-refractivity contribution in [2.24, 2.45) is 22.4 Å². The van der Waals surface area contributed by atoms with Crippen molar-refractivity contribution in [3.05, 3.63) is 29.8 Å². The van der Waals surface area contributed by atoms with Crippen LogP contribution in [0.1, 0.15) is 50.4 Å². The number of alkyl halides is 3. The topological polar surface area (TPSA) is 73.1 Å². The van der Waals surface area contributed by atoms with Crippen molar-refractivity contribution >= 4 is 11.6 Å². The van der Waals surface area contributed by atoms with Gasteiger partial charge in [0.2, 0.25) is 0 Å². The summed E-state index contributed by atoms with van der Waals surface area (Å²) in [5, 5.41) is 24.2. The summed E-state index contributed by atoms with van der Waals surface area (Å²) in [6.45, 7) is 5.88. The number of phenols is 1. The first-order valence-corrected chi connectivity index (χ1v) is 8.85. The molecule has 8 heteroatoms. The van der Waals surface area contributed by atoms with Crippen molar-refractivity contribution in [2.45, 2.75) is 51.9 Å². The van der Waals surface area contributed by atoms with E-state index in [1.807, 2.05) is 20.8 Å². The van der Waals surface area contributed by atoms with E-state index in [9.17, 15) is 28.2 Å². The van der Waals surface area contributed by atoms with E-state index in [1.165, 1.54) is 24.3 Å². The average Bonchev–Trinajstić information content (AvgIpc) is 2.88. The molecule has 148 valence electrons. The van der Waals surface area contributed by atoms with Crippen LogP contribution in [0.5, 0.6) is 5.75 Å². The van der Waals surface area contributed by atoms with Gasteiger partial charge in [-0.25, -0.2) is 0 Å². The van der Waals surface area contributed by atoms with Gasteiger partial charge in [-0.3, -0.25) is 4.79 Å². The Kier molecular flexibility index (Phi) is 4.53. The van der Waals surface area contributed by atoms with Gasteiger partial charge in [-0.05, 0) is 54.9 Å². The number of aromatic hydroxyl groups is 1. The van der Waals surface area contributed by atoms with Gasteiger partial charge in [0.25, 0.3) is 11.6 Å². The second kappa shape index (κ2) is 6.22. The third-order valence-corrected chi connectivity index (χ3v) is 5.66. The fourth-order valence-corrected chi connectivity index (χ4v) is 3.93. The van der Waals surface area contributed by atoms with Crippen molar-refractivity contribution < 1.29 is 28.2 Å². The Morgan fingerprint density at radius 3 is 2.33 bits per heavy atom. The quantitative estimate of drug-likeness (QED) is 0.771. The molecule has 5 nitrogen and oxygen atoms in total. The Hall–Kier alpha value is -2.09. The number of amides is 1. The zero-order valence-electron chi connectivity index (χ0n) is 15.4. The highest BCUT2D eigenvalue weighted by Crippen LogP contribution is 2.52. The SMILES string of the molecule is CC(C)(C)[C@@H]1CCC2=NN(C(=O)c3ccc(O)cc3)[C@@](O)(C(F)(F)F)[C@H]2C1. The first-order chi connectivity index (χ1) is 12.4. The van der Waals surface area contributed by atoms with Crippen LogP contribution >= 0.6 is 0 Å². The number of aliphatic hydroxyl groups is 1. The molecule has 0 bridgehead atoms. The lowest BCUT2D eigenvalue weighted by Gasteiger charge is -2.42. The van der Waals surface area contributed by atoms with E-state index in [1.54, 1.807) is 0 Å². The fraction of sp³-hybridized carbons (Fsp3) is 0.579. The number of carbonyl (C=O) groups is 1. The van der Waals surface area contributed by atoms with E-state index >= 15 is 0 Å². The van der Waals surface area contributed by atoms with Crippen LogP contribution in [0.3, 0.4) is 0 Å². The molecular formula is C19H23F3N2O3. The van der Waals surface area contributed by atoms with Crippen LogP contribution < -0.4 is 0 Å². The summed E-state index contributed by atoms with van der Waals surface area (Å²) in [4.78, 5) is 12.7. The molecule has 27 heavy (non-hydrogen) atoms. The summed E-state index contributed by atoms with van der Waals surface area (Å²) in [7, 11) is 0. The van der Waals surface area contributed by atoms with Crippen LogP contribution in [0.25, 0.3) is 0 Å². The van der Waals surface area contributed by atoms with E-state index < -0.39 is 23.7 Å². The number of hydrazone groups is 1. The number of fused-ring (bicyclic) bond motifs is 1. The molecule has 0 radical (unpaired) electrons. The van der Waals surface area contributed by atoms with Crippen LogP contribution in [0.4, 0.5) is 13.2 Å². The van der Waals surface area contributed by atoms with E-state index in [-0.39, 0.29) is 39.8 Å². The molecule has 3 atom stereocenters. The van der Waals surface area contributed by atoms with Gasteiger partial charge in [-0.2, -0.15) is 23.3 Å². The van der Waals surface area contributed by atoms with E-state index in [4.69, 9.17) is 0 Å². The third kappa shape index (κ3) is 3.20. The van der Waals surface area contributed by atoms with Crippen LogP contribution in [-0.2, 0) is 0 Å². The molecule has 1 saturated carbocycles. The second-order valence-corrected chi connectivity index (χ2v) is 8.37. The Labute approximate surface area is 155 Å². The van der Waals surface area contributed by atoms with E-state index in [0.29, 0.717) is 12.8 Å². The summed E-state index contributed by atoms with van der Waals surface area (Å²) < 4.78 is 41.9. The highest BCUT2D eigenvalue weighted by molar-refractivity contribution is 5.99. The molecule has 2 aliphatic rings. The van der Waals surface area contributed by atoms with Gasteiger partial charge < -0.3 is 10.2 Å². The normalized spacial score (nSPS) is 28.7. The first kappa shape index (κ1) is 19.7. The molecular weight excluding hydrogens is 361 g/mol. The summed E-state index contributed by atoms with van der Waals surface area (Å²) in [5.74, 6) is -2.48. The number of rotatable bonds is 1. The van der Waals surface area contributed by atoms with Crippen molar-refractivity contribution in [1.82, 2.24) is 5.01 Å². The van der Waals surface area contributed by atoms with Gasteiger partial charge in [0.15, 0.2) is 0 Å². The van der Waals surface area contributed by atoms with Crippen LogP contribution in [0.15, 0.2) is 29.4 Å². The zero-order valence-corrected chi connectivity index (χ0v) is 15.4. The van der Waals surface area contributed by atoms with Crippen LogP contribution in [0, 0.1) is 17.3 Å². The number of carbonyl (C=O) groups excluding carboxylic acids is 1. The molecule has 1 amide bonds. The number of hydrogen-bond donors (Lipinski definition) is 2. The van der Waals surface area contributed by atoms with Crippen molar-refractivity contribution in [2.75, 3.05) is 0 Å². The smallest absolute Gasteiger partial charge is 0.439 e. The van der Waals surface area contributed by atoms with E-state index in [2.05, 4.69) is 5.10 Å². The zero-order chi connectivity index (χ0) is 20.2. The molecule has 0 saturated heterocycles. The standard InChI is InChI=1S/C19H23F3N2O3/c1-17(2,3)12-6-9-15-14(10-12)18(27,19(20,21)22)24(23-15)16(26)11-4-7-13(25)8-5-11/h4-5,7-8,12,14,25,27H,6,9-10H2,1-3H3/t12-,14+,18+/m1/s1. The fourth-order valence-electron chi connectivity index (χ4n) is 3.93. The monoisotopic (exact) mass is 384 g/mol. The van der Waals surface area contributed by atoms with Gasteiger partial charge in [-0.15, -0.1) is 0 Å². The molecule has 1 aliphatic carbocycles. The van der Waals surface area contributed by atoms with Gasteiger partial charge >= 0.3 is 6.18 Å². The molecule has 1 aliphatic heterocycles. The van der Waals surface area contributed by atoms with Crippen LogP contribution in [0.2, 0.25) is 0 Å². The van der Waals surface area contributed by atoms with Gasteiger partial charge in [0.1, 0.15) is 5.75 Å². The molecule has 1 heterocycles. The van der Waals surface area contributed by atoms with Gasteiger partial charge in [0.05, 0.1) is 5.92 Å². The maximum absolute atomic E-state index is 14.0. The Bertz CT molecular complexity index is 768. The molecule has 1 fully saturated rings. The average molecular weight is 384 g/mol. The highest BCUT2D eigenvalue weighted by Gasteiger charge is 2.69. The first-order valence-electron chi connectivity index (χ1n) is 8.85. The number of nitrogens with zero attached hydrogens (tertiary/aromatic N) is 2. The maximum atomic E-state index is 14.0. The van der Waals surface area contributed by atoms with E-state index in [0.717, 1.165) is 0 Å². The Morgan fingerprint density at radius 1 is 1.22 bits per heavy atom. The number of hydrogen-bond acceptors (Lipinski definition) is 4. The summed E-state index contributed by atoms with van der Waals surface area (Å²) in [5.41, 5.74) is -3.47. The third-order valence-electron chi connectivity index (χ3n) is 5.66. The molecule has 0 unspecified atom stereocenters. The molecule has 1 aromatic carbocycles. The van der Waals surface area contributed by atoms with Crippen molar-refractivity contribution in [3.8, 4) is 5.75 Å². The Morgan fingerprint density at radius 2 is 1.81 bits per heavy atom. The largest absolute Gasteiger partial charge is 0.508 e. The maximum Gasteiger partial charge on any atom is 0.439 e.